The molecule has 4 aromatic rings. The van der Waals surface area contributed by atoms with Gasteiger partial charge in [0, 0.05) is 13.2 Å². The molecular weight excluding hydrogens is 633 g/mol. The first kappa shape index (κ1) is 33.4. The summed E-state index contributed by atoms with van der Waals surface area (Å²) in [5.74, 6) is 9.63. The van der Waals surface area contributed by atoms with Crippen LogP contribution in [0.5, 0.6) is 0 Å². The van der Waals surface area contributed by atoms with Crippen LogP contribution in [0.25, 0.3) is 22.3 Å². The third-order valence-electron chi connectivity index (χ3n) is 16.2. The van der Waals surface area contributed by atoms with E-state index in [-0.39, 0.29) is 0 Å². The van der Waals surface area contributed by atoms with Crippen molar-refractivity contribution >= 4 is 0 Å². The predicted molar refractivity (Wildman–Crippen MR) is 212 cm³/mol. The molecular formula is C50H58O2. The second kappa shape index (κ2) is 13.9. The van der Waals surface area contributed by atoms with Crippen molar-refractivity contribution in [1.29, 1.82) is 0 Å². The minimum absolute atomic E-state index is 0.392. The molecule has 0 aromatic heterocycles. The molecule has 6 fully saturated rings. The molecule has 0 spiro atoms. The molecule has 0 amide bonds. The Bertz CT molecular complexity index is 1890. The molecule has 0 radical (unpaired) electrons. The second-order valence-corrected chi connectivity index (χ2v) is 18.5. The van der Waals surface area contributed by atoms with Crippen molar-refractivity contribution < 1.29 is 10.2 Å². The second-order valence-electron chi connectivity index (χ2n) is 18.5. The van der Waals surface area contributed by atoms with Crippen LogP contribution in [0.4, 0.5) is 0 Å². The van der Waals surface area contributed by atoms with E-state index in [1.165, 1.54) is 109 Å². The summed E-state index contributed by atoms with van der Waals surface area (Å²) in [6, 6.07) is 37.1. The molecule has 2 N–H and O–H groups in total. The highest BCUT2D eigenvalue weighted by Gasteiger charge is 2.56. The third kappa shape index (κ3) is 5.83. The number of aliphatic hydroxyl groups excluding tert-OH is 2. The van der Waals surface area contributed by atoms with Crippen LogP contribution in [0.2, 0.25) is 0 Å². The largest absolute Gasteiger partial charge is 0.396 e. The van der Waals surface area contributed by atoms with Gasteiger partial charge in [-0.3, -0.25) is 0 Å². The molecule has 12 unspecified atom stereocenters. The summed E-state index contributed by atoms with van der Waals surface area (Å²) >= 11 is 0. The van der Waals surface area contributed by atoms with E-state index in [9.17, 15) is 10.2 Å². The van der Waals surface area contributed by atoms with E-state index >= 15 is 0 Å². The summed E-state index contributed by atoms with van der Waals surface area (Å²) in [6.07, 6.45) is 15.3. The van der Waals surface area contributed by atoms with Crippen LogP contribution < -0.4 is 0 Å². The lowest BCUT2D eigenvalue weighted by Gasteiger charge is -2.32. The summed E-state index contributed by atoms with van der Waals surface area (Å²) in [7, 11) is 0. The maximum absolute atomic E-state index is 10.0. The number of benzene rings is 4. The average Bonchev–Trinajstić information content (AvgIpc) is 4.04. The molecule has 270 valence electrons. The number of aryl methyl sites for hydroxylation is 2. The molecule has 52 heavy (non-hydrogen) atoms. The summed E-state index contributed by atoms with van der Waals surface area (Å²) in [5.41, 5.74) is 11.7. The molecule has 0 saturated heterocycles. The summed E-state index contributed by atoms with van der Waals surface area (Å²) in [5, 5.41) is 19.9. The fraction of sp³-hybridized carbons (Fsp3) is 0.520. The first-order valence-corrected chi connectivity index (χ1v) is 21.2. The van der Waals surface area contributed by atoms with Gasteiger partial charge in [0.25, 0.3) is 0 Å². The topological polar surface area (TPSA) is 40.5 Å². The van der Waals surface area contributed by atoms with Gasteiger partial charge in [-0.05, 0) is 193 Å². The lowest BCUT2D eigenvalue weighted by molar-refractivity contribution is 0.121. The van der Waals surface area contributed by atoms with Crippen LogP contribution in [0.3, 0.4) is 0 Å². The van der Waals surface area contributed by atoms with Crippen LogP contribution in [-0.4, -0.2) is 23.4 Å². The maximum atomic E-state index is 10.0. The molecule has 6 aliphatic carbocycles. The van der Waals surface area contributed by atoms with Gasteiger partial charge in [-0.25, -0.2) is 0 Å². The van der Waals surface area contributed by atoms with Crippen LogP contribution in [0.1, 0.15) is 73.6 Å². The van der Waals surface area contributed by atoms with Crippen molar-refractivity contribution in [3.05, 3.63) is 119 Å². The van der Waals surface area contributed by atoms with Gasteiger partial charge in [0.05, 0.1) is 0 Å². The molecule has 4 bridgehead atoms. The van der Waals surface area contributed by atoms with E-state index in [1.807, 2.05) is 0 Å². The Morgan fingerprint density at radius 1 is 0.365 bits per heavy atom. The molecule has 12 atom stereocenters. The Morgan fingerprint density at radius 3 is 1.35 bits per heavy atom. The van der Waals surface area contributed by atoms with Crippen molar-refractivity contribution in [2.75, 3.05) is 13.2 Å². The average molecular weight is 691 g/mol. The van der Waals surface area contributed by atoms with E-state index < -0.39 is 0 Å². The molecule has 2 nitrogen and oxygen atoms in total. The maximum Gasteiger partial charge on any atom is 0.0462 e. The smallest absolute Gasteiger partial charge is 0.0462 e. The quantitative estimate of drug-likeness (QED) is 0.164. The third-order valence-corrected chi connectivity index (χ3v) is 16.2. The van der Waals surface area contributed by atoms with Crippen LogP contribution >= 0.6 is 0 Å². The molecule has 2 heteroatoms. The molecule has 0 aliphatic heterocycles. The van der Waals surface area contributed by atoms with Crippen molar-refractivity contribution in [3.8, 4) is 22.3 Å². The Hall–Kier alpha value is -3.20. The van der Waals surface area contributed by atoms with Crippen molar-refractivity contribution in [3.63, 3.8) is 0 Å². The van der Waals surface area contributed by atoms with Gasteiger partial charge in [0.1, 0.15) is 0 Å². The monoisotopic (exact) mass is 690 g/mol. The van der Waals surface area contributed by atoms with E-state index in [4.69, 9.17) is 0 Å². The standard InChI is InChI=1S/C50H58O2/c51-29-32-22-46-38-25-37(47(27-38)50(46)23-32)24-36-12-4-8-16-44(36)42-14-6-2-10-34(42)18-17-33-9-1-5-13-41(33)43-15-7-3-11-35(43)19-31-20-45-39-26-40(30-52)48(28-39)49(45)21-31/h1-16,31-32,37-40,45-52H,17-30H2. The first-order chi connectivity index (χ1) is 25.6. The van der Waals surface area contributed by atoms with Crippen molar-refractivity contribution in [1.82, 2.24) is 0 Å². The van der Waals surface area contributed by atoms with Gasteiger partial charge in [-0.15, -0.1) is 0 Å². The van der Waals surface area contributed by atoms with Crippen molar-refractivity contribution in [2.45, 2.75) is 77.0 Å². The molecule has 6 saturated carbocycles. The lowest BCUT2D eigenvalue weighted by Crippen LogP contribution is -2.26. The van der Waals surface area contributed by atoms with Gasteiger partial charge >= 0.3 is 0 Å². The van der Waals surface area contributed by atoms with E-state index in [0.717, 1.165) is 72.0 Å². The number of hydrogen-bond acceptors (Lipinski definition) is 2. The van der Waals surface area contributed by atoms with Crippen LogP contribution in [-0.2, 0) is 25.7 Å². The molecule has 0 heterocycles. The highest BCUT2D eigenvalue weighted by Crippen LogP contribution is 2.64. The lowest BCUT2D eigenvalue weighted by atomic mass is 9.73. The molecule has 4 aromatic carbocycles. The number of hydrogen-bond donors (Lipinski definition) is 2. The zero-order chi connectivity index (χ0) is 34.8. The van der Waals surface area contributed by atoms with Gasteiger partial charge < -0.3 is 10.2 Å². The predicted octanol–water partition coefficient (Wildman–Crippen LogP) is 10.5. The summed E-state index contributed by atoms with van der Waals surface area (Å²) in [4.78, 5) is 0. The number of fused-ring (bicyclic) bond motifs is 10. The van der Waals surface area contributed by atoms with Gasteiger partial charge in [-0.2, -0.15) is 0 Å². The first-order valence-electron chi connectivity index (χ1n) is 21.2. The Kier molecular flexibility index (Phi) is 8.92. The zero-order valence-corrected chi connectivity index (χ0v) is 31.0. The van der Waals surface area contributed by atoms with Crippen LogP contribution in [0, 0.1) is 71.0 Å². The number of rotatable bonds is 11. The van der Waals surface area contributed by atoms with Crippen molar-refractivity contribution in [2.24, 2.45) is 71.0 Å². The Balaban J connectivity index is 0.863. The normalized spacial score (nSPS) is 35.3. The summed E-state index contributed by atoms with van der Waals surface area (Å²) < 4.78 is 0. The minimum Gasteiger partial charge on any atom is -0.396 e. The fourth-order valence-corrected chi connectivity index (χ4v) is 14.2. The van der Waals surface area contributed by atoms with E-state index in [2.05, 4.69) is 97.1 Å². The minimum atomic E-state index is 0.392. The number of aliphatic hydroxyl groups is 2. The van der Waals surface area contributed by atoms with E-state index in [1.54, 1.807) is 0 Å². The van der Waals surface area contributed by atoms with Gasteiger partial charge in [-0.1, -0.05) is 97.1 Å². The van der Waals surface area contributed by atoms with E-state index in [0.29, 0.717) is 25.0 Å². The van der Waals surface area contributed by atoms with Crippen LogP contribution in [0.15, 0.2) is 97.1 Å². The molecule has 10 rings (SSSR count). The van der Waals surface area contributed by atoms with Gasteiger partial charge in [0.15, 0.2) is 0 Å². The Labute approximate surface area is 312 Å². The Morgan fingerprint density at radius 2 is 0.788 bits per heavy atom. The molecule has 6 aliphatic rings. The van der Waals surface area contributed by atoms with Gasteiger partial charge in [0.2, 0.25) is 0 Å². The fourth-order valence-electron chi connectivity index (χ4n) is 14.2. The SMILES string of the molecule is OCC1CC2C3CC(Cc4ccccc4-c4ccccc4CCc4ccccc4-c4ccccc4CC4CC5C6CC(CO)C(C6)C5C4)C(C3)C2C1. The summed E-state index contributed by atoms with van der Waals surface area (Å²) in [6.45, 7) is 0.795. The highest BCUT2D eigenvalue weighted by atomic mass is 16.3. The highest BCUT2D eigenvalue weighted by molar-refractivity contribution is 5.73. The zero-order valence-electron chi connectivity index (χ0n) is 31.0.